The highest BCUT2D eigenvalue weighted by molar-refractivity contribution is 9.10. The molecule has 0 fully saturated rings. The maximum Gasteiger partial charge on any atom is 0.338 e. The lowest BCUT2D eigenvalue weighted by atomic mass is 9.99. The summed E-state index contributed by atoms with van der Waals surface area (Å²) in [4.78, 5) is 12.1. The van der Waals surface area contributed by atoms with Crippen LogP contribution < -0.4 is 9.47 Å². The van der Waals surface area contributed by atoms with Crippen LogP contribution in [0.15, 0.2) is 40.9 Å². The molecule has 0 heterocycles. The van der Waals surface area contributed by atoms with Crippen molar-refractivity contribution in [1.29, 1.82) is 0 Å². The molecule has 0 aliphatic heterocycles. The number of benzene rings is 2. The first-order chi connectivity index (χ1) is 10.6. The molecule has 0 amide bonds. The highest BCUT2D eigenvalue weighted by Crippen LogP contribution is 2.35. The zero-order valence-electron chi connectivity index (χ0n) is 12.7. The lowest BCUT2D eigenvalue weighted by molar-refractivity contribution is 0.0527. The van der Waals surface area contributed by atoms with E-state index in [1.165, 1.54) is 0 Å². The minimum atomic E-state index is -0.347. The lowest BCUT2D eigenvalue weighted by Gasteiger charge is -2.13. The largest absolute Gasteiger partial charge is 0.493 e. The predicted octanol–water partition coefficient (Wildman–Crippen LogP) is 4.31. The summed E-state index contributed by atoms with van der Waals surface area (Å²) in [5, 5.41) is 0. The van der Waals surface area contributed by atoms with Crippen molar-refractivity contribution in [2.45, 2.75) is 6.92 Å². The molecule has 2 rings (SSSR count). The van der Waals surface area contributed by atoms with Crippen LogP contribution in [0.25, 0.3) is 11.1 Å². The summed E-state index contributed by atoms with van der Waals surface area (Å²) in [5.41, 5.74) is 2.13. The first-order valence-electron chi connectivity index (χ1n) is 6.79. The molecule has 0 spiro atoms. The van der Waals surface area contributed by atoms with E-state index >= 15 is 0 Å². The number of ether oxygens (including phenoxy) is 3. The van der Waals surface area contributed by atoms with Crippen LogP contribution in [0.2, 0.25) is 0 Å². The van der Waals surface area contributed by atoms with Crippen LogP contribution in [0.4, 0.5) is 0 Å². The van der Waals surface area contributed by atoms with Crippen molar-refractivity contribution >= 4 is 21.9 Å². The fourth-order valence-electron chi connectivity index (χ4n) is 2.15. The van der Waals surface area contributed by atoms with Gasteiger partial charge in [0.15, 0.2) is 11.5 Å². The molecule has 0 saturated carbocycles. The smallest absolute Gasteiger partial charge is 0.338 e. The number of carbonyl (C=O) groups excluding carboxylic acids is 1. The Morgan fingerprint density at radius 2 is 1.77 bits per heavy atom. The van der Waals surface area contributed by atoms with Gasteiger partial charge in [-0.1, -0.05) is 22.0 Å². The predicted molar refractivity (Wildman–Crippen MR) is 88.6 cm³/mol. The molecular weight excluding hydrogens is 348 g/mol. The Kier molecular flexibility index (Phi) is 5.44. The van der Waals surface area contributed by atoms with Gasteiger partial charge in [0, 0.05) is 4.47 Å². The van der Waals surface area contributed by atoms with Gasteiger partial charge in [-0.05, 0) is 48.4 Å². The van der Waals surface area contributed by atoms with E-state index in [1.807, 2.05) is 30.3 Å². The normalized spacial score (nSPS) is 10.2. The van der Waals surface area contributed by atoms with E-state index in [9.17, 15) is 4.79 Å². The third-order valence-corrected chi connectivity index (χ3v) is 3.66. The van der Waals surface area contributed by atoms with Crippen molar-refractivity contribution in [1.82, 2.24) is 0 Å². The summed E-state index contributed by atoms with van der Waals surface area (Å²) in [6, 6.07) is 11.0. The molecule has 116 valence electrons. The fourth-order valence-corrected chi connectivity index (χ4v) is 2.51. The van der Waals surface area contributed by atoms with Crippen LogP contribution in [-0.2, 0) is 4.74 Å². The molecule has 2 aromatic rings. The average Bonchev–Trinajstić information content (AvgIpc) is 2.54. The van der Waals surface area contributed by atoms with Gasteiger partial charge in [0.1, 0.15) is 0 Å². The first-order valence-corrected chi connectivity index (χ1v) is 7.59. The zero-order valence-corrected chi connectivity index (χ0v) is 14.3. The lowest BCUT2D eigenvalue weighted by Crippen LogP contribution is -2.06. The van der Waals surface area contributed by atoms with E-state index < -0.39 is 0 Å². The number of halogens is 1. The third kappa shape index (κ3) is 3.42. The summed E-state index contributed by atoms with van der Waals surface area (Å²) in [6.07, 6.45) is 0. The van der Waals surface area contributed by atoms with Crippen LogP contribution >= 0.6 is 15.9 Å². The molecule has 0 N–H and O–H groups in total. The molecule has 4 nitrogen and oxygen atoms in total. The zero-order chi connectivity index (χ0) is 16.1. The molecule has 2 aromatic carbocycles. The Morgan fingerprint density at radius 1 is 1.05 bits per heavy atom. The molecule has 0 atom stereocenters. The second-order valence-corrected chi connectivity index (χ2v) is 5.40. The Bertz CT molecular complexity index is 682. The Balaban J connectivity index is 2.56. The van der Waals surface area contributed by atoms with Gasteiger partial charge in [0.2, 0.25) is 0 Å². The summed E-state index contributed by atoms with van der Waals surface area (Å²) in [6.45, 7) is 2.12. The minimum Gasteiger partial charge on any atom is -0.493 e. The Labute approximate surface area is 138 Å². The van der Waals surface area contributed by atoms with Crippen molar-refractivity contribution in [3.05, 3.63) is 46.4 Å². The van der Waals surface area contributed by atoms with Gasteiger partial charge in [-0.3, -0.25) is 0 Å². The van der Waals surface area contributed by atoms with Gasteiger partial charge in [0.05, 0.1) is 26.4 Å². The van der Waals surface area contributed by atoms with E-state index in [4.69, 9.17) is 14.2 Å². The monoisotopic (exact) mass is 364 g/mol. The van der Waals surface area contributed by atoms with Crippen LogP contribution in [0, 0.1) is 0 Å². The fraction of sp³-hybridized carbons (Fsp3) is 0.235. The molecule has 22 heavy (non-hydrogen) atoms. The summed E-state index contributed by atoms with van der Waals surface area (Å²) in [5.74, 6) is 0.897. The van der Waals surface area contributed by atoms with E-state index in [0.29, 0.717) is 23.7 Å². The van der Waals surface area contributed by atoms with Gasteiger partial charge in [0.25, 0.3) is 0 Å². The number of hydrogen-bond acceptors (Lipinski definition) is 4. The number of hydrogen-bond donors (Lipinski definition) is 0. The van der Waals surface area contributed by atoms with Crippen LogP contribution in [0.3, 0.4) is 0 Å². The standard InChI is InChI=1S/C17H17BrO4/c1-4-22-17(19)13-7-6-12(18)10-14(13)11-5-8-15(20-2)16(9-11)21-3/h5-10H,4H2,1-3H3. The quantitative estimate of drug-likeness (QED) is 0.741. The highest BCUT2D eigenvalue weighted by Gasteiger charge is 2.16. The molecule has 0 unspecified atom stereocenters. The summed E-state index contributed by atoms with van der Waals surface area (Å²) >= 11 is 3.44. The van der Waals surface area contributed by atoms with Gasteiger partial charge in [-0.15, -0.1) is 0 Å². The molecule has 0 aliphatic carbocycles. The van der Waals surface area contributed by atoms with Gasteiger partial charge in [-0.2, -0.15) is 0 Å². The molecule has 0 aromatic heterocycles. The van der Waals surface area contributed by atoms with E-state index in [2.05, 4.69) is 15.9 Å². The van der Waals surface area contributed by atoms with Gasteiger partial charge < -0.3 is 14.2 Å². The SMILES string of the molecule is CCOC(=O)c1ccc(Br)cc1-c1ccc(OC)c(OC)c1. The van der Waals surface area contributed by atoms with Crippen molar-refractivity contribution in [2.24, 2.45) is 0 Å². The number of esters is 1. The highest BCUT2D eigenvalue weighted by atomic mass is 79.9. The molecule has 0 aliphatic rings. The van der Waals surface area contributed by atoms with Gasteiger partial charge in [-0.25, -0.2) is 4.79 Å². The first kappa shape index (κ1) is 16.4. The van der Waals surface area contributed by atoms with Crippen molar-refractivity contribution in [3.63, 3.8) is 0 Å². The van der Waals surface area contributed by atoms with Crippen molar-refractivity contribution < 1.29 is 19.0 Å². The van der Waals surface area contributed by atoms with E-state index in [1.54, 1.807) is 27.2 Å². The molecule has 5 heteroatoms. The molecule has 0 radical (unpaired) electrons. The van der Waals surface area contributed by atoms with E-state index in [0.717, 1.165) is 15.6 Å². The van der Waals surface area contributed by atoms with E-state index in [-0.39, 0.29) is 5.97 Å². The number of carbonyl (C=O) groups is 1. The second kappa shape index (κ2) is 7.31. The number of rotatable bonds is 5. The second-order valence-electron chi connectivity index (χ2n) is 4.48. The summed E-state index contributed by atoms with van der Waals surface area (Å²) < 4.78 is 16.6. The van der Waals surface area contributed by atoms with Crippen molar-refractivity contribution in [3.8, 4) is 22.6 Å². The molecule has 0 bridgehead atoms. The Morgan fingerprint density at radius 3 is 2.41 bits per heavy atom. The maximum absolute atomic E-state index is 12.1. The maximum atomic E-state index is 12.1. The summed E-state index contributed by atoms with van der Waals surface area (Å²) in [7, 11) is 3.16. The van der Waals surface area contributed by atoms with Crippen LogP contribution in [0.5, 0.6) is 11.5 Å². The Hall–Kier alpha value is -2.01. The average molecular weight is 365 g/mol. The minimum absolute atomic E-state index is 0.334. The molecular formula is C17H17BrO4. The molecule has 0 saturated heterocycles. The van der Waals surface area contributed by atoms with Crippen LogP contribution in [0.1, 0.15) is 17.3 Å². The topological polar surface area (TPSA) is 44.8 Å². The van der Waals surface area contributed by atoms with Crippen LogP contribution in [-0.4, -0.2) is 26.8 Å². The van der Waals surface area contributed by atoms with Crippen molar-refractivity contribution in [2.75, 3.05) is 20.8 Å². The van der Waals surface area contributed by atoms with Gasteiger partial charge >= 0.3 is 5.97 Å². The third-order valence-electron chi connectivity index (χ3n) is 3.17. The number of methoxy groups -OCH3 is 2.